The summed E-state index contributed by atoms with van der Waals surface area (Å²) >= 11 is 0. The quantitative estimate of drug-likeness (QED) is 0.885. The molecular formula is C14H22N2O3S. The fourth-order valence-electron chi connectivity index (χ4n) is 2.45. The zero-order chi connectivity index (χ0) is 14.9. The SMILES string of the molecule is Cc1cc(O)c(C(C)C)cc1S(=O)(=O)N1CCNCC1. The molecule has 0 aliphatic carbocycles. The highest BCUT2D eigenvalue weighted by molar-refractivity contribution is 7.89. The minimum Gasteiger partial charge on any atom is -0.508 e. The fourth-order valence-corrected chi connectivity index (χ4v) is 4.14. The van der Waals surface area contributed by atoms with Crippen molar-refractivity contribution in [3.63, 3.8) is 0 Å². The van der Waals surface area contributed by atoms with Crippen LogP contribution in [0.25, 0.3) is 0 Å². The molecule has 2 rings (SSSR count). The summed E-state index contributed by atoms with van der Waals surface area (Å²) in [4.78, 5) is 0.306. The van der Waals surface area contributed by atoms with E-state index in [-0.39, 0.29) is 11.7 Å². The lowest BCUT2D eigenvalue weighted by Crippen LogP contribution is -2.46. The molecule has 6 heteroatoms. The Balaban J connectivity index is 2.48. The summed E-state index contributed by atoms with van der Waals surface area (Å²) in [6.07, 6.45) is 0. The topological polar surface area (TPSA) is 69.6 Å². The highest BCUT2D eigenvalue weighted by atomic mass is 32.2. The van der Waals surface area contributed by atoms with Gasteiger partial charge in [0.05, 0.1) is 4.90 Å². The first-order chi connectivity index (χ1) is 9.34. The number of sulfonamides is 1. The number of phenolic OH excluding ortho intramolecular Hbond substituents is 1. The number of hydrogen-bond acceptors (Lipinski definition) is 4. The van der Waals surface area contributed by atoms with Gasteiger partial charge in [0.15, 0.2) is 0 Å². The van der Waals surface area contributed by atoms with Gasteiger partial charge < -0.3 is 10.4 Å². The second-order valence-electron chi connectivity index (χ2n) is 5.49. The van der Waals surface area contributed by atoms with Crippen LogP contribution < -0.4 is 5.32 Å². The summed E-state index contributed by atoms with van der Waals surface area (Å²) in [6.45, 7) is 7.91. The zero-order valence-electron chi connectivity index (χ0n) is 12.2. The molecule has 5 nitrogen and oxygen atoms in total. The Morgan fingerprint density at radius 2 is 1.85 bits per heavy atom. The van der Waals surface area contributed by atoms with E-state index in [0.717, 1.165) is 0 Å². The summed E-state index contributed by atoms with van der Waals surface area (Å²) in [5.41, 5.74) is 1.26. The molecule has 112 valence electrons. The van der Waals surface area contributed by atoms with Crippen LogP contribution >= 0.6 is 0 Å². The molecule has 20 heavy (non-hydrogen) atoms. The molecule has 0 spiro atoms. The van der Waals surface area contributed by atoms with Gasteiger partial charge in [0.25, 0.3) is 0 Å². The lowest BCUT2D eigenvalue weighted by molar-refractivity contribution is 0.360. The number of hydrogen-bond donors (Lipinski definition) is 2. The maximum Gasteiger partial charge on any atom is 0.243 e. The predicted octanol–water partition coefficient (Wildman–Crippen LogP) is 1.42. The van der Waals surface area contributed by atoms with Crippen LogP contribution in [0, 0.1) is 6.92 Å². The fraction of sp³-hybridized carbons (Fsp3) is 0.571. The van der Waals surface area contributed by atoms with Crippen LogP contribution in [0.1, 0.15) is 30.9 Å². The first-order valence-corrected chi connectivity index (χ1v) is 8.32. The molecule has 1 aliphatic heterocycles. The van der Waals surface area contributed by atoms with Crippen molar-refractivity contribution in [2.24, 2.45) is 0 Å². The van der Waals surface area contributed by atoms with E-state index in [0.29, 0.717) is 42.2 Å². The van der Waals surface area contributed by atoms with Crippen molar-refractivity contribution >= 4 is 10.0 Å². The monoisotopic (exact) mass is 298 g/mol. The van der Waals surface area contributed by atoms with E-state index < -0.39 is 10.0 Å². The molecule has 1 aliphatic rings. The minimum absolute atomic E-state index is 0.0765. The Hall–Kier alpha value is -1.11. The molecule has 0 atom stereocenters. The van der Waals surface area contributed by atoms with Crippen molar-refractivity contribution in [2.75, 3.05) is 26.2 Å². The zero-order valence-corrected chi connectivity index (χ0v) is 13.0. The molecule has 1 fully saturated rings. The number of rotatable bonds is 3. The van der Waals surface area contributed by atoms with E-state index in [1.807, 2.05) is 13.8 Å². The molecule has 0 saturated carbocycles. The summed E-state index contributed by atoms with van der Waals surface area (Å²) in [5.74, 6) is 0.240. The lowest BCUT2D eigenvalue weighted by Gasteiger charge is -2.27. The highest BCUT2D eigenvalue weighted by Crippen LogP contribution is 2.32. The molecular weight excluding hydrogens is 276 g/mol. The third kappa shape index (κ3) is 2.82. The van der Waals surface area contributed by atoms with E-state index in [2.05, 4.69) is 5.32 Å². The van der Waals surface area contributed by atoms with Gasteiger partial charge in [-0.05, 0) is 36.1 Å². The molecule has 0 amide bonds. The van der Waals surface area contributed by atoms with Crippen LogP contribution in [0.3, 0.4) is 0 Å². The van der Waals surface area contributed by atoms with Crippen molar-refractivity contribution in [1.82, 2.24) is 9.62 Å². The number of nitrogens with zero attached hydrogens (tertiary/aromatic N) is 1. The molecule has 1 aromatic rings. The third-order valence-corrected chi connectivity index (χ3v) is 5.68. The molecule has 1 saturated heterocycles. The second-order valence-corrected chi connectivity index (χ2v) is 7.39. The largest absolute Gasteiger partial charge is 0.508 e. The number of nitrogens with one attached hydrogen (secondary N) is 1. The summed E-state index contributed by atoms with van der Waals surface area (Å²) in [7, 11) is -3.48. The van der Waals surface area contributed by atoms with Crippen molar-refractivity contribution < 1.29 is 13.5 Å². The van der Waals surface area contributed by atoms with Crippen LogP contribution in [0.15, 0.2) is 17.0 Å². The van der Waals surface area contributed by atoms with Gasteiger partial charge in [-0.15, -0.1) is 0 Å². The number of piperazine rings is 1. The van der Waals surface area contributed by atoms with Gasteiger partial charge in [-0.3, -0.25) is 0 Å². The van der Waals surface area contributed by atoms with Crippen LogP contribution in [-0.2, 0) is 10.0 Å². The average Bonchev–Trinajstić information content (AvgIpc) is 2.39. The number of phenols is 1. The van der Waals surface area contributed by atoms with Crippen molar-refractivity contribution in [1.29, 1.82) is 0 Å². The Bertz CT molecular complexity index is 591. The van der Waals surface area contributed by atoms with Gasteiger partial charge in [0.1, 0.15) is 5.75 Å². The van der Waals surface area contributed by atoms with Gasteiger partial charge >= 0.3 is 0 Å². The Morgan fingerprint density at radius 1 is 1.25 bits per heavy atom. The van der Waals surface area contributed by atoms with Crippen LogP contribution in [0.5, 0.6) is 5.75 Å². The van der Waals surface area contributed by atoms with Crippen LogP contribution in [0.2, 0.25) is 0 Å². The molecule has 2 N–H and O–H groups in total. The molecule has 1 heterocycles. The van der Waals surface area contributed by atoms with E-state index in [4.69, 9.17) is 0 Å². The number of aryl methyl sites for hydroxylation is 1. The summed E-state index contributed by atoms with van der Waals surface area (Å²) in [5, 5.41) is 13.1. The number of aromatic hydroxyl groups is 1. The maximum absolute atomic E-state index is 12.7. The average molecular weight is 298 g/mol. The van der Waals surface area contributed by atoms with Crippen LogP contribution in [-0.4, -0.2) is 44.0 Å². The molecule has 0 bridgehead atoms. The Morgan fingerprint density at radius 3 is 2.40 bits per heavy atom. The standard InChI is InChI=1S/C14H22N2O3S/c1-10(2)12-9-14(11(3)8-13(12)17)20(18,19)16-6-4-15-5-7-16/h8-10,15,17H,4-7H2,1-3H3. The van der Waals surface area contributed by atoms with E-state index in [9.17, 15) is 13.5 Å². The van der Waals surface area contributed by atoms with E-state index in [1.165, 1.54) is 4.31 Å². The van der Waals surface area contributed by atoms with Gasteiger partial charge in [0, 0.05) is 26.2 Å². The van der Waals surface area contributed by atoms with Gasteiger partial charge in [-0.1, -0.05) is 13.8 Å². The third-order valence-electron chi connectivity index (χ3n) is 3.64. The van der Waals surface area contributed by atoms with Crippen molar-refractivity contribution in [2.45, 2.75) is 31.6 Å². The minimum atomic E-state index is -3.48. The predicted molar refractivity (Wildman–Crippen MR) is 78.6 cm³/mol. The highest BCUT2D eigenvalue weighted by Gasteiger charge is 2.28. The smallest absolute Gasteiger partial charge is 0.243 e. The van der Waals surface area contributed by atoms with Crippen LogP contribution in [0.4, 0.5) is 0 Å². The molecule has 0 unspecified atom stereocenters. The normalized spacial score (nSPS) is 17.6. The molecule has 1 aromatic carbocycles. The summed E-state index contributed by atoms with van der Waals surface area (Å²) in [6, 6.07) is 3.16. The van der Waals surface area contributed by atoms with E-state index in [1.54, 1.807) is 19.1 Å². The van der Waals surface area contributed by atoms with Gasteiger partial charge in [-0.2, -0.15) is 4.31 Å². The van der Waals surface area contributed by atoms with E-state index >= 15 is 0 Å². The molecule has 0 radical (unpaired) electrons. The van der Waals surface area contributed by atoms with Crippen molar-refractivity contribution in [3.8, 4) is 5.75 Å². The second kappa shape index (κ2) is 5.71. The van der Waals surface area contributed by atoms with Gasteiger partial charge in [0.2, 0.25) is 10.0 Å². The van der Waals surface area contributed by atoms with Gasteiger partial charge in [-0.25, -0.2) is 8.42 Å². The Kier molecular flexibility index (Phi) is 4.36. The Labute approximate surface area is 120 Å². The lowest BCUT2D eigenvalue weighted by atomic mass is 10.0. The maximum atomic E-state index is 12.7. The first kappa shape index (κ1) is 15.3. The first-order valence-electron chi connectivity index (χ1n) is 6.88. The molecule has 0 aromatic heterocycles. The van der Waals surface area contributed by atoms with Crippen molar-refractivity contribution in [3.05, 3.63) is 23.3 Å². The number of benzene rings is 1. The summed E-state index contributed by atoms with van der Waals surface area (Å²) < 4.78 is 26.9.